The second-order valence-corrected chi connectivity index (χ2v) is 4.59. The van der Waals surface area contributed by atoms with Gasteiger partial charge in [0, 0.05) is 12.1 Å². The van der Waals surface area contributed by atoms with Crippen LogP contribution in [-0.4, -0.2) is 29.1 Å². The molecule has 1 aromatic rings. The van der Waals surface area contributed by atoms with E-state index in [4.69, 9.17) is 9.84 Å². The zero-order valence-corrected chi connectivity index (χ0v) is 10.6. The van der Waals surface area contributed by atoms with Crippen molar-refractivity contribution in [1.29, 1.82) is 0 Å². The number of aliphatic carboxylic acids is 1. The topological polar surface area (TPSA) is 88.5 Å². The highest BCUT2D eigenvalue weighted by Crippen LogP contribution is 2.32. The van der Waals surface area contributed by atoms with Crippen LogP contribution in [0.4, 0.5) is 5.69 Å². The van der Waals surface area contributed by atoms with Crippen molar-refractivity contribution in [3.8, 4) is 5.88 Å². The normalized spacial score (nSPS) is 21.9. The fraction of sp³-hybridized carbons (Fsp3) is 0.462. The molecule has 1 aliphatic rings. The van der Waals surface area contributed by atoms with Gasteiger partial charge in [0.1, 0.15) is 5.69 Å². The summed E-state index contributed by atoms with van der Waals surface area (Å²) in [7, 11) is 1.48. The molecule has 1 amide bonds. The van der Waals surface area contributed by atoms with Gasteiger partial charge in [-0.25, -0.2) is 4.98 Å². The Bertz CT molecular complexity index is 489. The van der Waals surface area contributed by atoms with E-state index in [1.807, 2.05) is 0 Å². The molecular weight excluding hydrogens is 248 g/mol. The van der Waals surface area contributed by atoms with Crippen molar-refractivity contribution in [3.05, 3.63) is 18.3 Å². The average molecular weight is 264 g/mol. The number of aromatic nitrogens is 1. The lowest BCUT2D eigenvalue weighted by Crippen LogP contribution is -2.22. The summed E-state index contributed by atoms with van der Waals surface area (Å²) >= 11 is 0. The van der Waals surface area contributed by atoms with Crippen LogP contribution in [0, 0.1) is 11.8 Å². The molecule has 1 aromatic heterocycles. The molecule has 0 radical (unpaired) electrons. The van der Waals surface area contributed by atoms with E-state index in [0.29, 0.717) is 30.8 Å². The Balaban J connectivity index is 2.00. The van der Waals surface area contributed by atoms with Gasteiger partial charge in [0.2, 0.25) is 11.8 Å². The lowest BCUT2D eigenvalue weighted by Gasteiger charge is -2.12. The first kappa shape index (κ1) is 13.3. The average Bonchev–Trinajstić information content (AvgIpc) is 2.89. The molecule has 1 fully saturated rings. The van der Waals surface area contributed by atoms with Crippen LogP contribution in [-0.2, 0) is 9.59 Å². The molecule has 1 aliphatic carbocycles. The number of pyridine rings is 1. The van der Waals surface area contributed by atoms with Crippen LogP contribution in [0.5, 0.6) is 5.88 Å². The highest BCUT2D eigenvalue weighted by Gasteiger charge is 2.34. The summed E-state index contributed by atoms with van der Waals surface area (Å²) < 4.78 is 5.05. The first-order chi connectivity index (χ1) is 9.11. The Morgan fingerprint density at radius 2 is 2.16 bits per heavy atom. The van der Waals surface area contributed by atoms with Crippen molar-refractivity contribution < 1.29 is 19.4 Å². The number of ether oxygens (including phenoxy) is 1. The monoisotopic (exact) mass is 264 g/mol. The number of amides is 1. The van der Waals surface area contributed by atoms with Gasteiger partial charge in [-0.2, -0.15) is 0 Å². The molecule has 19 heavy (non-hydrogen) atoms. The van der Waals surface area contributed by atoms with Gasteiger partial charge in [0.25, 0.3) is 0 Å². The number of carboxylic acids is 1. The zero-order valence-electron chi connectivity index (χ0n) is 10.6. The maximum Gasteiger partial charge on any atom is 0.306 e. The lowest BCUT2D eigenvalue weighted by molar-refractivity contribution is -0.141. The molecule has 0 aromatic carbocycles. The van der Waals surface area contributed by atoms with Crippen LogP contribution >= 0.6 is 0 Å². The molecule has 0 saturated heterocycles. The maximum atomic E-state index is 12.1. The van der Waals surface area contributed by atoms with Crippen molar-refractivity contribution in [3.63, 3.8) is 0 Å². The molecule has 0 bridgehead atoms. The molecule has 2 N–H and O–H groups in total. The largest absolute Gasteiger partial charge is 0.481 e. The van der Waals surface area contributed by atoms with E-state index in [2.05, 4.69) is 10.3 Å². The standard InChI is InChI=1S/C13H16N2O4/c1-19-12-10(3-2-6-14-12)15-11(16)8-4-5-9(7-8)13(17)18/h2-3,6,8-9H,4-5,7H2,1H3,(H,15,16)(H,17,18)/t8-,9+/m1/s1. The fourth-order valence-electron chi connectivity index (χ4n) is 2.33. The molecule has 1 heterocycles. The molecule has 2 rings (SSSR count). The third-order valence-electron chi connectivity index (χ3n) is 3.38. The van der Waals surface area contributed by atoms with Gasteiger partial charge in [0.05, 0.1) is 13.0 Å². The summed E-state index contributed by atoms with van der Waals surface area (Å²) in [5.41, 5.74) is 0.508. The summed E-state index contributed by atoms with van der Waals surface area (Å²) in [5.74, 6) is -1.31. The Morgan fingerprint density at radius 1 is 1.42 bits per heavy atom. The van der Waals surface area contributed by atoms with E-state index in [0.717, 1.165) is 0 Å². The SMILES string of the molecule is COc1ncccc1NC(=O)[C@@H]1CC[C@H](C(=O)O)C1. The summed E-state index contributed by atoms with van der Waals surface area (Å²) in [6.45, 7) is 0. The lowest BCUT2D eigenvalue weighted by atomic mass is 10.0. The number of carboxylic acid groups (broad SMARTS) is 1. The Hall–Kier alpha value is -2.11. The molecule has 2 atom stereocenters. The molecule has 0 spiro atoms. The third-order valence-corrected chi connectivity index (χ3v) is 3.38. The first-order valence-electron chi connectivity index (χ1n) is 6.14. The van der Waals surface area contributed by atoms with Crippen LogP contribution in [0.2, 0.25) is 0 Å². The number of hydrogen-bond donors (Lipinski definition) is 2. The zero-order chi connectivity index (χ0) is 13.8. The first-order valence-corrected chi connectivity index (χ1v) is 6.14. The van der Waals surface area contributed by atoms with Gasteiger partial charge >= 0.3 is 5.97 Å². The smallest absolute Gasteiger partial charge is 0.306 e. The predicted octanol–water partition coefficient (Wildman–Crippen LogP) is 1.53. The summed E-state index contributed by atoms with van der Waals surface area (Å²) in [5, 5.41) is 11.7. The number of rotatable bonds is 4. The van der Waals surface area contributed by atoms with Crippen molar-refractivity contribution in [1.82, 2.24) is 4.98 Å². The van der Waals surface area contributed by atoms with E-state index in [1.165, 1.54) is 7.11 Å². The molecule has 0 unspecified atom stereocenters. The Morgan fingerprint density at radius 3 is 2.79 bits per heavy atom. The van der Waals surface area contributed by atoms with Crippen molar-refractivity contribution in [2.45, 2.75) is 19.3 Å². The van der Waals surface area contributed by atoms with Crippen LogP contribution in [0.25, 0.3) is 0 Å². The van der Waals surface area contributed by atoms with Crippen LogP contribution in [0.3, 0.4) is 0 Å². The molecule has 0 aliphatic heterocycles. The summed E-state index contributed by atoms with van der Waals surface area (Å²) in [6, 6.07) is 3.40. The summed E-state index contributed by atoms with van der Waals surface area (Å²) in [4.78, 5) is 26.9. The predicted molar refractivity (Wildman–Crippen MR) is 67.9 cm³/mol. The molecule has 6 nitrogen and oxygen atoms in total. The van der Waals surface area contributed by atoms with Gasteiger partial charge in [-0.1, -0.05) is 0 Å². The number of anilines is 1. The van der Waals surface area contributed by atoms with Crippen LogP contribution in [0.15, 0.2) is 18.3 Å². The Kier molecular flexibility index (Phi) is 3.99. The van der Waals surface area contributed by atoms with Gasteiger partial charge in [0.15, 0.2) is 0 Å². The van der Waals surface area contributed by atoms with E-state index in [1.54, 1.807) is 18.3 Å². The highest BCUT2D eigenvalue weighted by atomic mass is 16.5. The van der Waals surface area contributed by atoms with Crippen LogP contribution < -0.4 is 10.1 Å². The van der Waals surface area contributed by atoms with Gasteiger partial charge in [-0.05, 0) is 31.4 Å². The number of carbonyl (C=O) groups excluding carboxylic acids is 1. The van der Waals surface area contributed by atoms with Crippen LogP contribution in [0.1, 0.15) is 19.3 Å². The maximum absolute atomic E-state index is 12.1. The summed E-state index contributed by atoms with van der Waals surface area (Å²) in [6.07, 6.45) is 3.12. The third kappa shape index (κ3) is 3.01. The van der Waals surface area contributed by atoms with Gasteiger partial charge in [-0.15, -0.1) is 0 Å². The second-order valence-electron chi connectivity index (χ2n) is 4.59. The van der Waals surface area contributed by atoms with E-state index < -0.39 is 11.9 Å². The van der Waals surface area contributed by atoms with E-state index >= 15 is 0 Å². The van der Waals surface area contributed by atoms with Gasteiger partial charge < -0.3 is 15.2 Å². The minimum absolute atomic E-state index is 0.171. The minimum atomic E-state index is -0.825. The van der Waals surface area contributed by atoms with E-state index in [-0.39, 0.29) is 11.8 Å². The van der Waals surface area contributed by atoms with Gasteiger partial charge in [-0.3, -0.25) is 9.59 Å². The van der Waals surface area contributed by atoms with Crippen molar-refractivity contribution >= 4 is 17.6 Å². The molecule has 102 valence electrons. The van der Waals surface area contributed by atoms with Crippen molar-refractivity contribution in [2.75, 3.05) is 12.4 Å². The van der Waals surface area contributed by atoms with Crippen molar-refractivity contribution in [2.24, 2.45) is 11.8 Å². The molecular formula is C13H16N2O4. The number of hydrogen-bond acceptors (Lipinski definition) is 4. The molecule has 1 saturated carbocycles. The number of carbonyl (C=O) groups is 2. The van der Waals surface area contributed by atoms with E-state index in [9.17, 15) is 9.59 Å². The fourth-order valence-corrected chi connectivity index (χ4v) is 2.33. The highest BCUT2D eigenvalue weighted by molar-refractivity contribution is 5.94. The number of nitrogens with zero attached hydrogens (tertiary/aromatic N) is 1. The number of nitrogens with one attached hydrogen (secondary N) is 1. The second kappa shape index (κ2) is 5.69. The Labute approximate surface area is 110 Å². The molecule has 6 heteroatoms. The minimum Gasteiger partial charge on any atom is -0.481 e. The quantitative estimate of drug-likeness (QED) is 0.861. The number of methoxy groups -OCH3 is 1.